The first-order valence-corrected chi connectivity index (χ1v) is 3.61. The molecule has 1 atom stereocenters. The van der Waals surface area contributed by atoms with E-state index in [2.05, 4.69) is 19.6 Å². The molecule has 0 aromatic heterocycles. The first kappa shape index (κ1) is 9.44. The molecule has 0 N–H and O–H groups in total. The molecule has 0 aliphatic heterocycles. The summed E-state index contributed by atoms with van der Waals surface area (Å²) in [7, 11) is 1.74. The second-order valence-electron chi connectivity index (χ2n) is 2.29. The largest absolute Gasteiger partial charge is 0.382 e. The minimum absolute atomic E-state index is 0.370. The van der Waals surface area contributed by atoms with Crippen molar-refractivity contribution in [1.82, 2.24) is 0 Å². The average molecular weight is 140 g/mol. The normalized spacial score (nSPS) is 13.8. The van der Waals surface area contributed by atoms with Gasteiger partial charge in [-0.25, -0.2) is 0 Å². The second-order valence-corrected chi connectivity index (χ2v) is 2.29. The molecule has 0 aromatic rings. The first-order chi connectivity index (χ1) is 4.81. The third-order valence-electron chi connectivity index (χ3n) is 1.41. The zero-order chi connectivity index (χ0) is 7.82. The predicted octanol–water partition coefficient (Wildman–Crippen LogP) is 2.54. The summed E-state index contributed by atoms with van der Waals surface area (Å²) in [5, 5.41) is 0. The lowest BCUT2D eigenvalue weighted by atomic mass is 10.2. The number of ether oxygens (including phenoxy) is 1. The summed E-state index contributed by atoms with van der Waals surface area (Å²) >= 11 is 0. The monoisotopic (exact) mass is 140 g/mol. The zero-order valence-corrected chi connectivity index (χ0v) is 6.84. The van der Waals surface area contributed by atoms with Crippen molar-refractivity contribution < 1.29 is 4.74 Å². The van der Waals surface area contributed by atoms with Gasteiger partial charge in [-0.1, -0.05) is 24.8 Å². The summed E-state index contributed by atoms with van der Waals surface area (Å²) < 4.78 is 5.07. The SMILES string of the molecule is C=CC=CCCC(C)OC. The van der Waals surface area contributed by atoms with Crippen molar-refractivity contribution >= 4 is 0 Å². The van der Waals surface area contributed by atoms with E-state index in [4.69, 9.17) is 4.74 Å². The summed E-state index contributed by atoms with van der Waals surface area (Å²) in [5.74, 6) is 0. The van der Waals surface area contributed by atoms with Crippen LogP contribution in [0.2, 0.25) is 0 Å². The van der Waals surface area contributed by atoms with Crippen LogP contribution in [-0.2, 0) is 4.74 Å². The molecule has 0 radical (unpaired) electrons. The van der Waals surface area contributed by atoms with Gasteiger partial charge < -0.3 is 4.74 Å². The molecule has 0 heterocycles. The van der Waals surface area contributed by atoms with Gasteiger partial charge in [-0.05, 0) is 19.8 Å². The Kier molecular flexibility index (Phi) is 6.19. The fourth-order valence-electron chi connectivity index (χ4n) is 0.641. The van der Waals surface area contributed by atoms with Gasteiger partial charge in [0.15, 0.2) is 0 Å². The first-order valence-electron chi connectivity index (χ1n) is 3.61. The van der Waals surface area contributed by atoms with Crippen molar-refractivity contribution in [3.05, 3.63) is 24.8 Å². The average Bonchev–Trinajstić information content (AvgIpc) is 1.98. The van der Waals surface area contributed by atoms with Crippen molar-refractivity contribution in [2.45, 2.75) is 25.9 Å². The standard InChI is InChI=1S/C9H16O/c1-4-5-6-7-8-9(2)10-3/h4-6,9H,1,7-8H2,2-3H3. The van der Waals surface area contributed by atoms with Crippen molar-refractivity contribution in [1.29, 1.82) is 0 Å². The summed E-state index contributed by atoms with van der Waals surface area (Å²) in [6, 6.07) is 0. The molecule has 58 valence electrons. The topological polar surface area (TPSA) is 9.23 Å². The van der Waals surface area contributed by atoms with E-state index >= 15 is 0 Å². The fraction of sp³-hybridized carbons (Fsp3) is 0.556. The molecule has 1 heteroatoms. The van der Waals surface area contributed by atoms with Crippen LogP contribution in [0.1, 0.15) is 19.8 Å². The lowest BCUT2D eigenvalue weighted by Crippen LogP contribution is -2.02. The van der Waals surface area contributed by atoms with Gasteiger partial charge in [0.2, 0.25) is 0 Å². The van der Waals surface area contributed by atoms with E-state index in [1.165, 1.54) is 0 Å². The maximum Gasteiger partial charge on any atom is 0.0546 e. The summed E-state index contributed by atoms with van der Waals surface area (Å²) in [5.41, 5.74) is 0. The Hall–Kier alpha value is -0.560. The van der Waals surface area contributed by atoms with Crippen molar-refractivity contribution in [3.8, 4) is 0 Å². The molecule has 0 aliphatic rings. The highest BCUT2D eigenvalue weighted by Gasteiger charge is 1.94. The van der Waals surface area contributed by atoms with Crippen LogP contribution in [0.4, 0.5) is 0 Å². The molecule has 0 saturated carbocycles. The molecule has 0 aliphatic carbocycles. The highest BCUT2D eigenvalue weighted by atomic mass is 16.5. The van der Waals surface area contributed by atoms with Gasteiger partial charge in [0.1, 0.15) is 0 Å². The van der Waals surface area contributed by atoms with Crippen LogP contribution in [0.3, 0.4) is 0 Å². The summed E-state index contributed by atoms with van der Waals surface area (Å²) in [6.07, 6.45) is 8.37. The van der Waals surface area contributed by atoms with E-state index in [0.717, 1.165) is 12.8 Å². The lowest BCUT2D eigenvalue weighted by Gasteiger charge is -2.05. The van der Waals surface area contributed by atoms with Gasteiger partial charge in [0, 0.05) is 7.11 Å². The minimum Gasteiger partial charge on any atom is -0.382 e. The van der Waals surface area contributed by atoms with Crippen LogP contribution in [0.15, 0.2) is 24.8 Å². The molecule has 0 saturated heterocycles. The Labute approximate surface area is 63.4 Å². The van der Waals surface area contributed by atoms with E-state index in [1.807, 2.05) is 6.08 Å². The van der Waals surface area contributed by atoms with Crippen LogP contribution < -0.4 is 0 Å². The lowest BCUT2D eigenvalue weighted by molar-refractivity contribution is 0.112. The number of hydrogen-bond donors (Lipinski definition) is 0. The quantitative estimate of drug-likeness (QED) is 0.533. The van der Waals surface area contributed by atoms with Gasteiger partial charge in [-0.3, -0.25) is 0 Å². The Morgan fingerprint density at radius 3 is 2.80 bits per heavy atom. The fourth-order valence-corrected chi connectivity index (χ4v) is 0.641. The van der Waals surface area contributed by atoms with Gasteiger partial charge in [0.25, 0.3) is 0 Å². The van der Waals surface area contributed by atoms with Crippen LogP contribution in [-0.4, -0.2) is 13.2 Å². The number of hydrogen-bond acceptors (Lipinski definition) is 1. The highest BCUT2D eigenvalue weighted by Crippen LogP contribution is 2.00. The van der Waals surface area contributed by atoms with Crippen LogP contribution in [0, 0.1) is 0 Å². The molecule has 1 nitrogen and oxygen atoms in total. The molecule has 10 heavy (non-hydrogen) atoms. The molecule has 0 fully saturated rings. The molecule has 0 spiro atoms. The molecular formula is C9H16O. The molecule has 1 unspecified atom stereocenters. The van der Waals surface area contributed by atoms with E-state index in [1.54, 1.807) is 13.2 Å². The van der Waals surface area contributed by atoms with Gasteiger partial charge in [-0.2, -0.15) is 0 Å². The molecule has 0 rings (SSSR count). The van der Waals surface area contributed by atoms with E-state index in [0.29, 0.717) is 6.10 Å². The van der Waals surface area contributed by atoms with Crippen LogP contribution in [0.25, 0.3) is 0 Å². The maximum atomic E-state index is 5.07. The predicted molar refractivity (Wildman–Crippen MR) is 45.0 cm³/mol. The summed E-state index contributed by atoms with van der Waals surface area (Å²) in [4.78, 5) is 0. The van der Waals surface area contributed by atoms with Gasteiger partial charge >= 0.3 is 0 Å². The second kappa shape index (κ2) is 6.56. The molecule has 0 bridgehead atoms. The van der Waals surface area contributed by atoms with Crippen LogP contribution >= 0.6 is 0 Å². The third kappa shape index (κ3) is 5.57. The van der Waals surface area contributed by atoms with E-state index in [9.17, 15) is 0 Å². The number of methoxy groups -OCH3 is 1. The third-order valence-corrected chi connectivity index (χ3v) is 1.41. The van der Waals surface area contributed by atoms with Crippen molar-refractivity contribution in [2.75, 3.05) is 7.11 Å². The van der Waals surface area contributed by atoms with E-state index < -0.39 is 0 Å². The van der Waals surface area contributed by atoms with Crippen molar-refractivity contribution in [2.24, 2.45) is 0 Å². The maximum absolute atomic E-state index is 5.07. The van der Waals surface area contributed by atoms with Crippen molar-refractivity contribution in [3.63, 3.8) is 0 Å². The highest BCUT2D eigenvalue weighted by molar-refractivity contribution is 4.96. The smallest absolute Gasteiger partial charge is 0.0546 e. The zero-order valence-electron chi connectivity index (χ0n) is 6.84. The minimum atomic E-state index is 0.370. The number of allylic oxidation sites excluding steroid dienone is 3. The van der Waals surface area contributed by atoms with E-state index in [-0.39, 0.29) is 0 Å². The molecular weight excluding hydrogens is 124 g/mol. The van der Waals surface area contributed by atoms with Crippen LogP contribution in [0.5, 0.6) is 0 Å². The van der Waals surface area contributed by atoms with Gasteiger partial charge in [0.05, 0.1) is 6.10 Å². The Balaban J connectivity index is 3.18. The number of rotatable bonds is 5. The molecule has 0 aromatic carbocycles. The van der Waals surface area contributed by atoms with Gasteiger partial charge in [-0.15, -0.1) is 0 Å². The summed E-state index contributed by atoms with van der Waals surface area (Å²) in [6.45, 7) is 5.65. The Morgan fingerprint density at radius 1 is 1.60 bits per heavy atom. The molecule has 0 amide bonds. The Bertz CT molecular complexity index is 105. The Morgan fingerprint density at radius 2 is 2.30 bits per heavy atom.